The minimum absolute atomic E-state index is 0.211. The minimum atomic E-state index is -0.350. The van der Waals surface area contributed by atoms with E-state index in [4.69, 9.17) is 23.2 Å². The molecular weight excluding hydrogens is 273 g/mol. The van der Waals surface area contributed by atoms with Crippen molar-refractivity contribution in [2.24, 2.45) is 0 Å². The van der Waals surface area contributed by atoms with E-state index in [-0.39, 0.29) is 16.9 Å². The quantitative estimate of drug-likeness (QED) is 0.919. The normalized spacial score (nSPS) is 10.2. The van der Waals surface area contributed by atoms with Gasteiger partial charge in [-0.05, 0) is 24.6 Å². The molecule has 2 aromatic rings. The average Bonchev–Trinajstić information content (AvgIpc) is 2.28. The van der Waals surface area contributed by atoms with Crippen LogP contribution in [0.15, 0.2) is 30.6 Å². The topological polar surface area (TPSA) is 54.9 Å². The number of aryl methyl sites for hydroxylation is 1. The Morgan fingerprint density at radius 1 is 1.28 bits per heavy atom. The summed E-state index contributed by atoms with van der Waals surface area (Å²) in [5.74, 6) is -0.0688. The Morgan fingerprint density at radius 2 is 2.06 bits per heavy atom. The standard InChI is InChI=1S/C12H9Cl2N3O/c1-7-2-3-8(9(13)4-7)12(18)17-11-6-15-5-10(14)16-11/h2-6H,1H3,(H,16,17,18). The van der Waals surface area contributed by atoms with Crippen LogP contribution in [0, 0.1) is 6.92 Å². The fourth-order valence-corrected chi connectivity index (χ4v) is 1.86. The van der Waals surface area contributed by atoms with Crippen LogP contribution in [0.1, 0.15) is 15.9 Å². The number of nitrogens with one attached hydrogen (secondary N) is 1. The van der Waals surface area contributed by atoms with Crippen LogP contribution in [0.25, 0.3) is 0 Å². The molecule has 0 spiro atoms. The zero-order valence-electron chi connectivity index (χ0n) is 9.45. The van der Waals surface area contributed by atoms with E-state index in [1.165, 1.54) is 12.4 Å². The van der Waals surface area contributed by atoms with Gasteiger partial charge in [-0.2, -0.15) is 0 Å². The molecule has 0 saturated heterocycles. The van der Waals surface area contributed by atoms with E-state index in [1.807, 2.05) is 13.0 Å². The number of hydrogen-bond donors (Lipinski definition) is 1. The highest BCUT2D eigenvalue weighted by molar-refractivity contribution is 6.34. The molecule has 6 heteroatoms. The van der Waals surface area contributed by atoms with Crippen LogP contribution in [-0.2, 0) is 0 Å². The number of benzene rings is 1. The Morgan fingerprint density at radius 3 is 2.72 bits per heavy atom. The maximum Gasteiger partial charge on any atom is 0.258 e. The van der Waals surface area contributed by atoms with Gasteiger partial charge in [0.15, 0.2) is 5.82 Å². The summed E-state index contributed by atoms with van der Waals surface area (Å²) in [5, 5.41) is 3.18. The molecule has 0 atom stereocenters. The van der Waals surface area contributed by atoms with Gasteiger partial charge in [-0.1, -0.05) is 29.3 Å². The van der Waals surface area contributed by atoms with Gasteiger partial charge in [-0.15, -0.1) is 0 Å². The third-order valence-electron chi connectivity index (χ3n) is 2.22. The molecule has 1 aromatic carbocycles. The second-order valence-electron chi connectivity index (χ2n) is 3.66. The first kappa shape index (κ1) is 12.8. The molecule has 0 aliphatic carbocycles. The number of anilines is 1. The van der Waals surface area contributed by atoms with Crippen LogP contribution in [0.4, 0.5) is 5.82 Å². The summed E-state index contributed by atoms with van der Waals surface area (Å²) in [5.41, 5.74) is 1.36. The number of rotatable bonds is 2. The fraction of sp³-hybridized carbons (Fsp3) is 0.0833. The van der Waals surface area contributed by atoms with Crippen molar-refractivity contribution in [2.45, 2.75) is 6.92 Å². The zero-order valence-corrected chi connectivity index (χ0v) is 11.0. The van der Waals surface area contributed by atoms with E-state index in [9.17, 15) is 4.79 Å². The van der Waals surface area contributed by atoms with Gasteiger partial charge in [0.1, 0.15) is 5.15 Å². The molecule has 0 radical (unpaired) electrons. The number of aromatic nitrogens is 2. The Balaban J connectivity index is 2.22. The molecule has 1 aromatic heterocycles. The van der Waals surface area contributed by atoms with Gasteiger partial charge < -0.3 is 5.32 Å². The van der Waals surface area contributed by atoms with Gasteiger partial charge in [0.2, 0.25) is 0 Å². The third-order valence-corrected chi connectivity index (χ3v) is 2.71. The number of hydrogen-bond acceptors (Lipinski definition) is 3. The smallest absolute Gasteiger partial charge is 0.258 e. The van der Waals surface area contributed by atoms with Crippen LogP contribution in [0.3, 0.4) is 0 Å². The average molecular weight is 282 g/mol. The summed E-state index contributed by atoms with van der Waals surface area (Å²) in [6, 6.07) is 5.19. The van der Waals surface area contributed by atoms with Crippen LogP contribution in [0.2, 0.25) is 10.2 Å². The molecule has 0 fully saturated rings. The second-order valence-corrected chi connectivity index (χ2v) is 4.46. The summed E-state index contributed by atoms with van der Waals surface area (Å²) in [4.78, 5) is 19.7. The van der Waals surface area contributed by atoms with E-state index in [1.54, 1.807) is 12.1 Å². The molecule has 2 rings (SSSR count). The first-order valence-corrected chi connectivity index (χ1v) is 5.87. The third kappa shape index (κ3) is 2.97. The molecule has 0 unspecified atom stereocenters. The second kappa shape index (κ2) is 5.33. The maximum atomic E-state index is 12.0. The number of carbonyl (C=O) groups excluding carboxylic acids is 1. The zero-order chi connectivity index (χ0) is 13.1. The fourth-order valence-electron chi connectivity index (χ4n) is 1.39. The van der Waals surface area contributed by atoms with E-state index in [2.05, 4.69) is 15.3 Å². The Labute approximate surface area is 114 Å². The molecule has 1 amide bonds. The first-order chi connectivity index (χ1) is 8.56. The molecule has 0 aliphatic heterocycles. The Bertz CT molecular complexity index is 602. The molecule has 92 valence electrons. The highest BCUT2D eigenvalue weighted by Crippen LogP contribution is 2.18. The highest BCUT2D eigenvalue weighted by atomic mass is 35.5. The van der Waals surface area contributed by atoms with Crippen molar-refractivity contribution < 1.29 is 4.79 Å². The van der Waals surface area contributed by atoms with Crippen molar-refractivity contribution in [1.82, 2.24) is 9.97 Å². The van der Waals surface area contributed by atoms with Crippen molar-refractivity contribution in [3.63, 3.8) is 0 Å². The van der Waals surface area contributed by atoms with E-state index < -0.39 is 0 Å². The largest absolute Gasteiger partial charge is 0.305 e. The molecule has 1 heterocycles. The molecule has 0 bridgehead atoms. The van der Waals surface area contributed by atoms with Gasteiger partial charge in [0.05, 0.1) is 23.0 Å². The van der Waals surface area contributed by atoms with E-state index in [0.717, 1.165) is 5.56 Å². The van der Waals surface area contributed by atoms with Crippen molar-refractivity contribution in [1.29, 1.82) is 0 Å². The molecule has 0 aliphatic rings. The molecule has 1 N–H and O–H groups in total. The number of carbonyl (C=O) groups is 1. The number of halogens is 2. The summed E-state index contributed by atoms with van der Waals surface area (Å²) in [6.45, 7) is 1.90. The summed E-state index contributed by atoms with van der Waals surface area (Å²) >= 11 is 11.7. The van der Waals surface area contributed by atoms with Gasteiger partial charge in [0, 0.05) is 0 Å². The van der Waals surface area contributed by atoms with Crippen molar-refractivity contribution in [3.05, 3.63) is 51.9 Å². The predicted molar refractivity (Wildman–Crippen MR) is 71.2 cm³/mol. The van der Waals surface area contributed by atoms with Crippen molar-refractivity contribution in [3.8, 4) is 0 Å². The molecular formula is C12H9Cl2N3O. The van der Waals surface area contributed by atoms with Gasteiger partial charge in [-0.25, -0.2) is 4.98 Å². The SMILES string of the molecule is Cc1ccc(C(=O)Nc2cncc(Cl)n2)c(Cl)c1. The predicted octanol–water partition coefficient (Wildman–Crippen LogP) is 3.34. The van der Waals surface area contributed by atoms with Crippen LogP contribution >= 0.6 is 23.2 Å². The van der Waals surface area contributed by atoms with Crippen LogP contribution in [-0.4, -0.2) is 15.9 Å². The van der Waals surface area contributed by atoms with Gasteiger partial charge in [0.25, 0.3) is 5.91 Å². The van der Waals surface area contributed by atoms with Crippen molar-refractivity contribution in [2.75, 3.05) is 5.32 Å². The number of amides is 1. The summed E-state index contributed by atoms with van der Waals surface area (Å²) in [6.07, 6.45) is 2.79. The van der Waals surface area contributed by atoms with E-state index in [0.29, 0.717) is 10.6 Å². The lowest BCUT2D eigenvalue weighted by atomic mass is 10.1. The Hall–Kier alpha value is -1.65. The monoisotopic (exact) mass is 281 g/mol. The van der Waals surface area contributed by atoms with Crippen molar-refractivity contribution >= 4 is 34.9 Å². The molecule has 4 nitrogen and oxygen atoms in total. The van der Waals surface area contributed by atoms with Crippen LogP contribution in [0.5, 0.6) is 0 Å². The summed E-state index contributed by atoms with van der Waals surface area (Å²) < 4.78 is 0. The van der Waals surface area contributed by atoms with Gasteiger partial charge >= 0.3 is 0 Å². The van der Waals surface area contributed by atoms with Gasteiger partial charge in [-0.3, -0.25) is 9.78 Å². The maximum absolute atomic E-state index is 12.0. The lowest BCUT2D eigenvalue weighted by molar-refractivity contribution is 0.102. The Kier molecular flexibility index (Phi) is 3.79. The lowest BCUT2D eigenvalue weighted by Crippen LogP contribution is -2.13. The molecule has 18 heavy (non-hydrogen) atoms. The first-order valence-electron chi connectivity index (χ1n) is 5.11. The van der Waals surface area contributed by atoms with E-state index >= 15 is 0 Å². The molecule has 0 saturated carbocycles. The minimum Gasteiger partial charge on any atom is -0.305 e. The summed E-state index contributed by atoms with van der Waals surface area (Å²) in [7, 11) is 0. The highest BCUT2D eigenvalue weighted by Gasteiger charge is 2.11. The lowest BCUT2D eigenvalue weighted by Gasteiger charge is -2.06. The number of nitrogens with zero attached hydrogens (tertiary/aromatic N) is 2. The van der Waals surface area contributed by atoms with Crippen LogP contribution < -0.4 is 5.32 Å².